The second-order valence-electron chi connectivity index (χ2n) is 3.90. The average molecular weight is 240 g/mol. The van der Waals surface area contributed by atoms with Crippen molar-refractivity contribution >= 4 is 0 Å². The Kier molecular flexibility index (Phi) is 6.43. The molecule has 1 aliphatic rings. The van der Waals surface area contributed by atoms with E-state index in [4.69, 9.17) is 19.7 Å². The Morgan fingerprint density at radius 3 is 2.18 bits per heavy atom. The van der Waals surface area contributed by atoms with Crippen LogP contribution in [-0.4, -0.2) is 36.1 Å². The highest BCUT2D eigenvalue weighted by molar-refractivity contribution is 5.28. The third kappa shape index (κ3) is 7.60. The topological polar surface area (TPSA) is 62.2 Å². The molecular weight excluding hydrogens is 220 g/mol. The first-order valence-electron chi connectivity index (χ1n) is 5.89. The van der Waals surface area contributed by atoms with Gasteiger partial charge in [0.2, 0.25) is 0 Å². The van der Waals surface area contributed by atoms with Gasteiger partial charge in [-0.15, -0.1) is 0 Å². The van der Waals surface area contributed by atoms with E-state index in [0.29, 0.717) is 6.10 Å². The van der Waals surface area contributed by atoms with Gasteiger partial charge in [0.1, 0.15) is 17.6 Å². The summed E-state index contributed by atoms with van der Waals surface area (Å²) in [7, 11) is 0. The van der Waals surface area contributed by atoms with Crippen LogP contribution in [0.4, 0.5) is 0 Å². The van der Waals surface area contributed by atoms with Crippen LogP contribution in [0.3, 0.4) is 0 Å². The predicted octanol–water partition coefficient (Wildman–Crippen LogP) is 2.30. The van der Waals surface area contributed by atoms with Gasteiger partial charge in [-0.2, -0.15) is 0 Å². The van der Waals surface area contributed by atoms with Crippen molar-refractivity contribution < 1.29 is 19.7 Å². The lowest BCUT2D eigenvalue weighted by atomic mass is 10.3. The fourth-order valence-electron chi connectivity index (χ4n) is 1.08. The van der Waals surface area contributed by atoms with Crippen LogP contribution in [0.15, 0.2) is 24.3 Å². The van der Waals surface area contributed by atoms with Gasteiger partial charge in [0.15, 0.2) is 0 Å². The van der Waals surface area contributed by atoms with Crippen LogP contribution in [0.2, 0.25) is 0 Å². The van der Waals surface area contributed by atoms with E-state index in [1.54, 1.807) is 0 Å². The number of unbranched alkanes of at least 4 members (excludes halogenated alkanes) is 1. The molecule has 4 heteroatoms. The van der Waals surface area contributed by atoms with E-state index < -0.39 is 0 Å². The van der Waals surface area contributed by atoms with Crippen LogP contribution < -0.4 is 0 Å². The molecule has 0 amide bonds. The second-order valence-corrected chi connectivity index (χ2v) is 3.90. The molecule has 17 heavy (non-hydrogen) atoms. The van der Waals surface area contributed by atoms with Crippen LogP contribution in [0, 0.1) is 0 Å². The largest absolute Gasteiger partial charge is 0.508 e. The molecule has 4 nitrogen and oxygen atoms in total. The Labute approximate surface area is 102 Å². The molecule has 0 aromatic heterocycles. The van der Waals surface area contributed by atoms with Gasteiger partial charge in [0, 0.05) is 6.61 Å². The maximum absolute atomic E-state index is 8.65. The van der Waals surface area contributed by atoms with Crippen molar-refractivity contribution in [3.8, 4) is 11.5 Å². The first kappa shape index (κ1) is 13.8. The molecule has 1 fully saturated rings. The molecule has 1 saturated heterocycles. The lowest BCUT2D eigenvalue weighted by molar-refractivity contribution is 0.114. The summed E-state index contributed by atoms with van der Waals surface area (Å²) in [6, 6.07) is 5.70. The van der Waals surface area contributed by atoms with E-state index in [1.807, 2.05) is 0 Å². The number of benzene rings is 1. The minimum Gasteiger partial charge on any atom is -0.508 e. The van der Waals surface area contributed by atoms with Gasteiger partial charge in [-0.25, -0.2) is 0 Å². The normalized spacial score (nSPS) is 17.1. The summed E-state index contributed by atoms with van der Waals surface area (Å²) < 4.78 is 10.2. The number of ether oxygens (including phenoxy) is 2. The molecule has 0 bridgehead atoms. The summed E-state index contributed by atoms with van der Waals surface area (Å²) in [5, 5.41) is 17.3. The van der Waals surface area contributed by atoms with Gasteiger partial charge in [-0.3, -0.25) is 0 Å². The number of hydrogen-bond acceptors (Lipinski definition) is 4. The zero-order chi connectivity index (χ0) is 12.5. The molecule has 96 valence electrons. The predicted molar refractivity (Wildman–Crippen MR) is 65.2 cm³/mol. The van der Waals surface area contributed by atoms with E-state index >= 15 is 0 Å². The molecule has 0 spiro atoms. The van der Waals surface area contributed by atoms with Crippen molar-refractivity contribution in [2.24, 2.45) is 0 Å². The molecule has 0 radical (unpaired) electrons. The van der Waals surface area contributed by atoms with E-state index in [-0.39, 0.29) is 11.5 Å². The Hall–Kier alpha value is -1.26. The molecular formula is C13H20O4. The number of rotatable bonds is 5. The van der Waals surface area contributed by atoms with Crippen LogP contribution in [0.25, 0.3) is 0 Å². The third-order valence-corrected chi connectivity index (χ3v) is 2.20. The summed E-state index contributed by atoms with van der Waals surface area (Å²) in [6.07, 6.45) is 2.82. The highest BCUT2D eigenvalue weighted by Crippen LogP contribution is 2.13. The van der Waals surface area contributed by atoms with Gasteiger partial charge >= 0.3 is 0 Å². The van der Waals surface area contributed by atoms with Crippen LogP contribution in [-0.2, 0) is 9.47 Å². The summed E-state index contributed by atoms with van der Waals surface area (Å²) >= 11 is 0. The zero-order valence-electron chi connectivity index (χ0n) is 10.1. The lowest BCUT2D eigenvalue weighted by Crippen LogP contribution is -2.01. The Bertz CT molecular complexity index is 272. The smallest absolute Gasteiger partial charge is 0.115 e. The lowest BCUT2D eigenvalue weighted by Gasteiger charge is -1.97. The summed E-state index contributed by atoms with van der Waals surface area (Å²) in [4.78, 5) is 0. The molecule has 0 aliphatic carbocycles. The fraction of sp³-hybridized carbons (Fsp3) is 0.538. The highest BCUT2D eigenvalue weighted by atomic mass is 16.6. The molecule has 1 unspecified atom stereocenters. The molecule has 1 aromatic rings. The fourth-order valence-corrected chi connectivity index (χ4v) is 1.08. The quantitative estimate of drug-likeness (QED) is 0.471. The minimum absolute atomic E-state index is 0.169. The van der Waals surface area contributed by atoms with E-state index in [0.717, 1.165) is 19.8 Å². The van der Waals surface area contributed by atoms with Crippen molar-refractivity contribution in [1.82, 2.24) is 0 Å². The van der Waals surface area contributed by atoms with Gasteiger partial charge < -0.3 is 19.7 Å². The highest BCUT2D eigenvalue weighted by Gasteiger charge is 2.21. The van der Waals surface area contributed by atoms with Crippen LogP contribution in [0.1, 0.15) is 19.8 Å². The summed E-state index contributed by atoms with van der Waals surface area (Å²) in [6.45, 7) is 4.78. The second kappa shape index (κ2) is 7.92. The van der Waals surface area contributed by atoms with E-state index in [2.05, 4.69) is 6.92 Å². The molecule has 1 aliphatic heterocycles. The molecule has 1 heterocycles. The van der Waals surface area contributed by atoms with Gasteiger partial charge in [0.25, 0.3) is 0 Å². The van der Waals surface area contributed by atoms with Crippen LogP contribution >= 0.6 is 0 Å². The SMILES string of the molecule is CCCCOCC1CO1.Oc1ccc(O)cc1. The molecule has 0 saturated carbocycles. The van der Waals surface area contributed by atoms with Gasteiger partial charge in [-0.05, 0) is 30.7 Å². The number of hydrogen-bond donors (Lipinski definition) is 2. The third-order valence-electron chi connectivity index (χ3n) is 2.20. The minimum atomic E-state index is 0.169. The molecule has 1 aromatic carbocycles. The van der Waals surface area contributed by atoms with E-state index in [1.165, 1.54) is 37.1 Å². The summed E-state index contributed by atoms with van der Waals surface area (Å²) in [5.74, 6) is 0.339. The van der Waals surface area contributed by atoms with E-state index in [9.17, 15) is 0 Å². The standard InChI is InChI=1S/C7H14O2.C6H6O2/c1-2-3-4-8-5-7-6-9-7;7-5-1-2-6(8)4-3-5/h7H,2-6H2,1H3;1-4,7-8H. The molecule has 2 N–H and O–H groups in total. The number of aromatic hydroxyl groups is 2. The average Bonchev–Trinajstić information content (AvgIpc) is 3.14. The van der Waals surface area contributed by atoms with Crippen molar-refractivity contribution in [3.63, 3.8) is 0 Å². The van der Waals surface area contributed by atoms with Crippen LogP contribution in [0.5, 0.6) is 11.5 Å². The molecule has 2 rings (SSSR count). The maximum atomic E-state index is 8.65. The first-order chi connectivity index (χ1) is 8.22. The van der Waals surface area contributed by atoms with Crippen molar-refractivity contribution in [1.29, 1.82) is 0 Å². The van der Waals surface area contributed by atoms with Gasteiger partial charge in [0.05, 0.1) is 13.2 Å². The number of epoxide rings is 1. The molecule has 1 atom stereocenters. The van der Waals surface area contributed by atoms with Crippen molar-refractivity contribution in [2.45, 2.75) is 25.9 Å². The zero-order valence-corrected chi connectivity index (χ0v) is 10.1. The Balaban J connectivity index is 0.000000171. The maximum Gasteiger partial charge on any atom is 0.115 e. The van der Waals surface area contributed by atoms with Crippen molar-refractivity contribution in [3.05, 3.63) is 24.3 Å². The number of phenolic OH excluding ortho intramolecular Hbond substituents is 2. The monoisotopic (exact) mass is 240 g/mol. The first-order valence-corrected chi connectivity index (χ1v) is 5.89. The van der Waals surface area contributed by atoms with Gasteiger partial charge in [-0.1, -0.05) is 13.3 Å². The number of phenols is 2. The summed E-state index contributed by atoms with van der Waals surface area (Å²) in [5.41, 5.74) is 0. The van der Waals surface area contributed by atoms with Crippen molar-refractivity contribution in [2.75, 3.05) is 19.8 Å². The Morgan fingerprint density at radius 1 is 1.24 bits per heavy atom. The Morgan fingerprint density at radius 2 is 1.76 bits per heavy atom.